The van der Waals surface area contributed by atoms with E-state index in [1.165, 1.54) is 24.5 Å². The molecule has 1 aromatic carbocycles. The summed E-state index contributed by atoms with van der Waals surface area (Å²) in [7, 11) is 0. The fourth-order valence-electron chi connectivity index (χ4n) is 1.59. The highest BCUT2D eigenvalue weighted by molar-refractivity contribution is 6.32. The van der Waals surface area contributed by atoms with Gasteiger partial charge in [0.25, 0.3) is 5.91 Å². The van der Waals surface area contributed by atoms with Crippen molar-refractivity contribution in [1.82, 2.24) is 0 Å². The summed E-state index contributed by atoms with van der Waals surface area (Å²) in [6.07, 6.45) is 1.28. The van der Waals surface area contributed by atoms with E-state index < -0.39 is 11.9 Å². The lowest BCUT2D eigenvalue weighted by atomic mass is 10.1. The fourth-order valence-corrected chi connectivity index (χ4v) is 1.79. The largest absolute Gasteiger partial charge is 0.478 e. The zero-order valence-electron chi connectivity index (χ0n) is 9.94. The van der Waals surface area contributed by atoms with E-state index in [-0.39, 0.29) is 22.0 Å². The predicted molar refractivity (Wildman–Crippen MR) is 69.8 cm³/mol. The number of carboxylic acid groups (broad SMARTS) is 1. The van der Waals surface area contributed by atoms with Crippen LogP contribution >= 0.6 is 11.6 Å². The summed E-state index contributed by atoms with van der Waals surface area (Å²) in [5, 5.41) is 11.6. The summed E-state index contributed by atoms with van der Waals surface area (Å²) in [5.74, 6) is -1.64. The van der Waals surface area contributed by atoms with Gasteiger partial charge in [0.15, 0.2) is 0 Å². The number of rotatable bonds is 3. The second-order valence-electron chi connectivity index (χ2n) is 3.92. The molecular weight excluding hydrogens is 270 g/mol. The maximum atomic E-state index is 11.9. The molecule has 0 aliphatic carbocycles. The first-order valence-corrected chi connectivity index (χ1v) is 5.75. The van der Waals surface area contributed by atoms with Gasteiger partial charge in [-0.2, -0.15) is 0 Å². The van der Waals surface area contributed by atoms with Gasteiger partial charge in [-0.25, -0.2) is 4.79 Å². The van der Waals surface area contributed by atoms with Crippen LogP contribution in [-0.4, -0.2) is 17.0 Å². The Morgan fingerprint density at radius 2 is 2.00 bits per heavy atom. The lowest BCUT2D eigenvalue weighted by Crippen LogP contribution is -2.14. The van der Waals surface area contributed by atoms with Crippen LogP contribution in [0.1, 0.15) is 26.3 Å². The second-order valence-corrected chi connectivity index (χ2v) is 4.26. The number of amides is 1. The van der Waals surface area contributed by atoms with E-state index in [0.29, 0.717) is 0 Å². The summed E-state index contributed by atoms with van der Waals surface area (Å²) in [6.45, 7) is 1.77. The Balaban J connectivity index is 2.32. The standard InChI is InChI=1S/C13H10ClNO4/c1-7-2-3-10(9(6-7)13(17)18)15-12(16)8-4-5-19-11(8)14/h2-6H,1H3,(H,15,16)(H,17,18). The molecule has 0 unspecified atom stereocenters. The molecule has 0 bridgehead atoms. The molecule has 5 nitrogen and oxygen atoms in total. The number of hydrogen-bond acceptors (Lipinski definition) is 3. The molecule has 2 aromatic rings. The molecule has 19 heavy (non-hydrogen) atoms. The van der Waals surface area contributed by atoms with Crippen molar-refractivity contribution in [2.75, 3.05) is 5.32 Å². The van der Waals surface area contributed by atoms with Crippen molar-refractivity contribution in [3.05, 3.63) is 52.4 Å². The van der Waals surface area contributed by atoms with Gasteiger partial charge in [0.05, 0.1) is 23.1 Å². The van der Waals surface area contributed by atoms with Gasteiger partial charge in [-0.05, 0) is 36.7 Å². The van der Waals surface area contributed by atoms with Crippen LogP contribution in [0, 0.1) is 6.92 Å². The quantitative estimate of drug-likeness (QED) is 0.904. The predicted octanol–water partition coefficient (Wildman–Crippen LogP) is 3.19. The van der Waals surface area contributed by atoms with Gasteiger partial charge in [-0.3, -0.25) is 4.79 Å². The van der Waals surface area contributed by atoms with Crippen molar-refractivity contribution < 1.29 is 19.1 Å². The second kappa shape index (κ2) is 5.16. The lowest BCUT2D eigenvalue weighted by Gasteiger charge is -2.08. The Bertz CT molecular complexity index is 648. The minimum atomic E-state index is -1.11. The first-order chi connectivity index (χ1) is 8.99. The normalized spacial score (nSPS) is 10.2. The molecule has 0 fully saturated rings. The Morgan fingerprint density at radius 1 is 1.26 bits per heavy atom. The van der Waals surface area contributed by atoms with Gasteiger partial charge in [-0.15, -0.1) is 0 Å². The smallest absolute Gasteiger partial charge is 0.337 e. The van der Waals surface area contributed by atoms with E-state index in [1.54, 1.807) is 13.0 Å². The molecule has 1 heterocycles. The summed E-state index contributed by atoms with van der Waals surface area (Å²) in [6, 6.07) is 6.13. The molecule has 0 aliphatic heterocycles. The molecule has 1 amide bonds. The van der Waals surface area contributed by atoms with Gasteiger partial charge < -0.3 is 14.8 Å². The summed E-state index contributed by atoms with van der Waals surface area (Å²) in [4.78, 5) is 23.0. The molecule has 0 aliphatic rings. The van der Waals surface area contributed by atoms with Gasteiger partial charge >= 0.3 is 5.97 Å². The van der Waals surface area contributed by atoms with Crippen molar-refractivity contribution in [3.63, 3.8) is 0 Å². The van der Waals surface area contributed by atoms with E-state index in [2.05, 4.69) is 5.32 Å². The molecule has 0 radical (unpaired) electrons. The topological polar surface area (TPSA) is 79.5 Å². The average molecular weight is 280 g/mol. The maximum absolute atomic E-state index is 11.9. The number of aromatic carboxylic acids is 1. The average Bonchev–Trinajstić information content (AvgIpc) is 2.77. The van der Waals surface area contributed by atoms with Crippen LogP contribution in [-0.2, 0) is 0 Å². The van der Waals surface area contributed by atoms with Gasteiger partial charge in [0, 0.05) is 0 Å². The Hall–Kier alpha value is -2.27. The number of carboxylic acids is 1. The van der Waals surface area contributed by atoms with E-state index in [9.17, 15) is 9.59 Å². The van der Waals surface area contributed by atoms with Crippen LogP contribution in [0.5, 0.6) is 0 Å². The summed E-state index contributed by atoms with van der Waals surface area (Å²) >= 11 is 5.68. The summed E-state index contributed by atoms with van der Waals surface area (Å²) < 4.78 is 4.81. The van der Waals surface area contributed by atoms with Crippen molar-refractivity contribution in [2.45, 2.75) is 6.92 Å². The number of carbonyl (C=O) groups is 2. The van der Waals surface area contributed by atoms with Crippen LogP contribution in [0.25, 0.3) is 0 Å². The number of carbonyl (C=O) groups excluding carboxylic acids is 1. The summed E-state index contributed by atoms with van der Waals surface area (Å²) in [5.41, 5.74) is 1.17. The molecular formula is C13H10ClNO4. The van der Waals surface area contributed by atoms with Crippen LogP contribution in [0.2, 0.25) is 5.22 Å². The molecule has 0 atom stereocenters. The van der Waals surface area contributed by atoms with Crippen molar-refractivity contribution in [3.8, 4) is 0 Å². The first kappa shape index (κ1) is 13.2. The van der Waals surface area contributed by atoms with E-state index in [4.69, 9.17) is 21.1 Å². The molecule has 1 aromatic heterocycles. The number of nitrogens with one attached hydrogen (secondary N) is 1. The zero-order valence-corrected chi connectivity index (χ0v) is 10.7. The molecule has 0 spiro atoms. The third-order valence-corrected chi connectivity index (χ3v) is 2.81. The molecule has 2 rings (SSSR count). The monoisotopic (exact) mass is 279 g/mol. The Morgan fingerprint density at radius 3 is 2.58 bits per heavy atom. The Labute approximate surface area is 113 Å². The third kappa shape index (κ3) is 2.77. The highest BCUT2D eigenvalue weighted by atomic mass is 35.5. The number of hydrogen-bond donors (Lipinski definition) is 2. The van der Waals surface area contributed by atoms with Crippen LogP contribution in [0.15, 0.2) is 34.9 Å². The number of aryl methyl sites for hydroxylation is 1. The van der Waals surface area contributed by atoms with Crippen molar-refractivity contribution in [1.29, 1.82) is 0 Å². The van der Waals surface area contributed by atoms with E-state index in [1.807, 2.05) is 0 Å². The zero-order chi connectivity index (χ0) is 14.0. The lowest BCUT2D eigenvalue weighted by molar-refractivity contribution is 0.0698. The number of benzene rings is 1. The molecule has 0 saturated heterocycles. The fraction of sp³-hybridized carbons (Fsp3) is 0.0769. The van der Waals surface area contributed by atoms with Gasteiger partial charge in [0.2, 0.25) is 5.22 Å². The molecule has 6 heteroatoms. The molecule has 2 N–H and O–H groups in total. The molecule has 0 saturated carbocycles. The molecule has 98 valence electrons. The van der Waals surface area contributed by atoms with E-state index >= 15 is 0 Å². The van der Waals surface area contributed by atoms with Gasteiger partial charge in [0.1, 0.15) is 0 Å². The van der Waals surface area contributed by atoms with Crippen LogP contribution < -0.4 is 5.32 Å². The SMILES string of the molecule is Cc1ccc(NC(=O)c2ccoc2Cl)c(C(=O)O)c1. The van der Waals surface area contributed by atoms with Gasteiger partial charge in [-0.1, -0.05) is 11.6 Å². The first-order valence-electron chi connectivity index (χ1n) is 5.37. The highest BCUT2D eigenvalue weighted by Gasteiger charge is 2.17. The van der Waals surface area contributed by atoms with E-state index in [0.717, 1.165) is 5.56 Å². The Kier molecular flexibility index (Phi) is 3.57. The number of halogens is 1. The third-order valence-electron chi connectivity index (χ3n) is 2.52. The maximum Gasteiger partial charge on any atom is 0.337 e. The van der Waals surface area contributed by atoms with Crippen LogP contribution in [0.4, 0.5) is 5.69 Å². The van der Waals surface area contributed by atoms with Crippen molar-refractivity contribution >= 4 is 29.2 Å². The minimum absolute atomic E-state index is 0.0213. The number of furan rings is 1. The number of anilines is 1. The highest BCUT2D eigenvalue weighted by Crippen LogP contribution is 2.21. The van der Waals surface area contributed by atoms with Crippen molar-refractivity contribution in [2.24, 2.45) is 0 Å². The minimum Gasteiger partial charge on any atom is -0.478 e. The van der Waals surface area contributed by atoms with Crippen LogP contribution in [0.3, 0.4) is 0 Å².